The van der Waals surface area contributed by atoms with Gasteiger partial charge >= 0.3 is 0 Å². The first kappa shape index (κ1) is 24.9. The fourth-order valence-electron chi connectivity index (χ4n) is 6.62. The number of methoxy groups -OCH3 is 2. The SMILES string of the molecule is COC1=CCC(C)(OC)C(c2ccc(C)cc2C)=C1P1C(C)(C)CC2(CC1(C)C)OCCO2. The van der Waals surface area contributed by atoms with Gasteiger partial charge in [0.25, 0.3) is 0 Å². The van der Waals surface area contributed by atoms with Gasteiger partial charge < -0.3 is 18.9 Å². The molecule has 0 bridgehead atoms. The first-order chi connectivity index (χ1) is 15.4. The van der Waals surface area contributed by atoms with E-state index in [1.54, 1.807) is 0 Å². The van der Waals surface area contributed by atoms with E-state index in [2.05, 4.69) is 72.7 Å². The maximum Gasteiger partial charge on any atom is 0.170 e. The summed E-state index contributed by atoms with van der Waals surface area (Å²) in [5.74, 6) is 0.540. The molecule has 2 fully saturated rings. The van der Waals surface area contributed by atoms with Crippen molar-refractivity contribution >= 4 is 13.5 Å². The van der Waals surface area contributed by atoms with Crippen molar-refractivity contribution in [2.75, 3.05) is 27.4 Å². The van der Waals surface area contributed by atoms with Gasteiger partial charge in [0.2, 0.25) is 0 Å². The Morgan fingerprint density at radius 3 is 2.03 bits per heavy atom. The fourth-order valence-corrected chi connectivity index (χ4v) is 11.2. The van der Waals surface area contributed by atoms with Crippen LogP contribution in [0.3, 0.4) is 0 Å². The zero-order chi connectivity index (χ0) is 24.2. The molecule has 0 amide bonds. The van der Waals surface area contributed by atoms with Gasteiger partial charge in [0.1, 0.15) is 5.76 Å². The van der Waals surface area contributed by atoms with Crippen LogP contribution < -0.4 is 0 Å². The summed E-state index contributed by atoms with van der Waals surface area (Å²) in [6.07, 6.45) is 4.81. The number of benzene rings is 1. The minimum Gasteiger partial charge on any atom is -0.496 e. The molecule has 4 rings (SSSR count). The van der Waals surface area contributed by atoms with Crippen LogP contribution in [-0.4, -0.2) is 49.1 Å². The van der Waals surface area contributed by atoms with Gasteiger partial charge in [-0.1, -0.05) is 59.4 Å². The topological polar surface area (TPSA) is 36.9 Å². The highest BCUT2D eigenvalue weighted by Crippen LogP contribution is 2.75. The molecule has 182 valence electrons. The van der Waals surface area contributed by atoms with Crippen molar-refractivity contribution in [1.82, 2.24) is 0 Å². The number of rotatable bonds is 4. The Balaban J connectivity index is 1.99. The van der Waals surface area contributed by atoms with Gasteiger partial charge in [-0.15, -0.1) is 0 Å². The lowest BCUT2D eigenvalue weighted by atomic mass is 9.81. The van der Waals surface area contributed by atoms with Crippen LogP contribution in [0, 0.1) is 13.8 Å². The highest BCUT2D eigenvalue weighted by Gasteiger charge is 2.59. The largest absolute Gasteiger partial charge is 0.496 e. The third-order valence-electron chi connectivity index (χ3n) is 7.65. The summed E-state index contributed by atoms with van der Waals surface area (Å²) in [7, 11) is 2.99. The molecule has 2 aliphatic heterocycles. The molecule has 0 aromatic heterocycles. The molecule has 1 unspecified atom stereocenters. The summed E-state index contributed by atoms with van der Waals surface area (Å²) < 4.78 is 24.9. The van der Waals surface area contributed by atoms with Gasteiger partial charge in [0, 0.05) is 37.3 Å². The molecule has 1 spiro atoms. The maximum atomic E-state index is 6.28. The highest BCUT2D eigenvalue weighted by atomic mass is 31.1. The van der Waals surface area contributed by atoms with Crippen molar-refractivity contribution in [1.29, 1.82) is 0 Å². The lowest BCUT2D eigenvalue weighted by Gasteiger charge is -2.57. The molecule has 0 saturated carbocycles. The molecule has 1 aromatic rings. The van der Waals surface area contributed by atoms with Gasteiger partial charge in [-0.25, -0.2) is 0 Å². The lowest BCUT2D eigenvalue weighted by Crippen LogP contribution is -2.51. The second-order valence-electron chi connectivity index (χ2n) is 11.4. The third-order valence-corrected chi connectivity index (χ3v) is 11.3. The minimum atomic E-state index is -0.664. The quantitative estimate of drug-likeness (QED) is 0.445. The molecule has 1 atom stereocenters. The van der Waals surface area contributed by atoms with Crippen molar-refractivity contribution in [3.63, 3.8) is 0 Å². The van der Waals surface area contributed by atoms with Gasteiger partial charge in [0.15, 0.2) is 5.79 Å². The van der Waals surface area contributed by atoms with Crippen molar-refractivity contribution < 1.29 is 18.9 Å². The molecular formula is C28H41O4P. The number of allylic oxidation sites excluding steroid dienone is 1. The van der Waals surface area contributed by atoms with E-state index in [-0.39, 0.29) is 10.3 Å². The maximum absolute atomic E-state index is 6.28. The zero-order valence-electron chi connectivity index (χ0n) is 21.9. The Bertz CT molecular complexity index is 964. The minimum absolute atomic E-state index is 0.00970. The first-order valence-corrected chi connectivity index (χ1v) is 13.4. The van der Waals surface area contributed by atoms with Crippen molar-refractivity contribution in [2.45, 2.75) is 89.4 Å². The summed E-state index contributed by atoms with van der Waals surface area (Å²) in [6.45, 7) is 17.5. The van der Waals surface area contributed by atoms with Gasteiger partial charge in [-0.05, 0) is 48.3 Å². The molecule has 2 heterocycles. The smallest absolute Gasteiger partial charge is 0.170 e. The van der Waals surface area contributed by atoms with E-state index in [9.17, 15) is 0 Å². The number of hydrogen-bond donors (Lipinski definition) is 0. The number of hydrogen-bond acceptors (Lipinski definition) is 4. The van der Waals surface area contributed by atoms with Crippen LogP contribution >= 0.6 is 7.92 Å². The number of ether oxygens (including phenoxy) is 4. The predicted octanol–water partition coefficient (Wildman–Crippen LogP) is 6.93. The van der Waals surface area contributed by atoms with E-state index < -0.39 is 19.3 Å². The van der Waals surface area contributed by atoms with E-state index in [0.717, 1.165) is 25.0 Å². The summed E-state index contributed by atoms with van der Waals surface area (Å²) in [5.41, 5.74) is 4.70. The monoisotopic (exact) mass is 472 g/mol. The van der Waals surface area contributed by atoms with Crippen LogP contribution in [0.1, 0.15) is 70.6 Å². The van der Waals surface area contributed by atoms with E-state index in [1.165, 1.54) is 27.6 Å². The summed E-state index contributed by atoms with van der Waals surface area (Å²) in [5, 5.41) is 1.33. The van der Waals surface area contributed by atoms with Gasteiger partial charge in [-0.2, -0.15) is 0 Å². The van der Waals surface area contributed by atoms with E-state index in [4.69, 9.17) is 18.9 Å². The lowest BCUT2D eigenvalue weighted by molar-refractivity contribution is -0.178. The normalized spacial score (nSPS) is 28.8. The van der Waals surface area contributed by atoms with Crippen LogP contribution in [0.4, 0.5) is 0 Å². The van der Waals surface area contributed by atoms with Crippen molar-refractivity contribution in [3.8, 4) is 0 Å². The summed E-state index contributed by atoms with van der Waals surface area (Å²) >= 11 is 0. The molecule has 0 N–H and O–H groups in total. The molecular weight excluding hydrogens is 431 g/mol. The standard InChI is InChI=1S/C28H41O4P/c1-19-10-11-21(20(2)16-19)23-24(22(29-8)12-13-27(23,7)30-9)33-25(3,4)17-28(18-26(33,5)6)31-14-15-32-28/h10-12,16H,13-15,17-18H2,1-9H3. The Hall–Kier alpha value is -1.19. The van der Waals surface area contributed by atoms with Crippen LogP contribution in [-0.2, 0) is 18.9 Å². The third kappa shape index (κ3) is 4.22. The van der Waals surface area contributed by atoms with Crippen molar-refractivity contribution in [3.05, 3.63) is 52.0 Å². The second kappa shape index (κ2) is 8.48. The second-order valence-corrected chi connectivity index (χ2v) is 14.9. The first-order valence-electron chi connectivity index (χ1n) is 12.1. The molecule has 1 aromatic carbocycles. The van der Waals surface area contributed by atoms with E-state index >= 15 is 0 Å². The Labute approximate surface area is 201 Å². The Morgan fingerprint density at radius 2 is 1.52 bits per heavy atom. The van der Waals surface area contributed by atoms with E-state index in [1.807, 2.05) is 14.2 Å². The Morgan fingerprint density at radius 1 is 0.909 bits per heavy atom. The van der Waals surface area contributed by atoms with Crippen molar-refractivity contribution in [2.24, 2.45) is 0 Å². The predicted molar refractivity (Wildman–Crippen MR) is 137 cm³/mol. The summed E-state index contributed by atoms with van der Waals surface area (Å²) in [6, 6.07) is 6.77. The molecule has 4 nitrogen and oxygen atoms in total. The molecule has 1 aliphatic carbocycles. The molecule has 33 heavy (non-hydrogen) atoms. The average Bonchev–Trinajstić information content (AvgIpc) is 3.14. The number of aryl methyl sites for hydroxylation is 2. The van der Waals surface area contributed by atoms with Crippen LogP contribution in [0.5, 0.6) is 0 Å². The molecule has 0 radical (unpaired) electrons. The molecule has 3 aliphatic rings. The van der Waals surface area contributed by atoms with E-state index in [0.29, 0.717) is 13.2 Å². The fraction of sp³-hybridized carbons (Fsp3) is 0.643. The zero-order valence-corrected chi connectivity index (χ0v) is 22.8. The van der Waals surface area contributed by atoms with Crippen LogP contribution in [0.2, 0.25) is 0 Å². The average molecular weight is 473 g/mol. The van der Waals surface area contributed by atoms with Crippen LogP contribution in [0.25, 0.3) is 5.57 Å². The summed E-state index contributed by atoms with van der Waals surface area (Å²) in [4.78, 5) is 0. The molecule has 5 heteroatoms. The van der Waals surface area contributed by atoms with Crippen LogP contribution in [0.15, 0.2) is 35.3 Å². The molecule has 2 saturated heterocycles. The Kier molecular flexibility index (Phi) is 6.41. The highest BCUT2D eigenvalue weighted by molar-refractivity contribution is 7.65. The van der Waals surface area contributed by atoms with Gasteiger partial charge in [-0.3, -0.25) is 0 Å². The van der Waals surface area contributed by atoms with Gasteiger partial charge in [0.05, 0.1) is 25.9 Å².